The van der Waals surface area contributed by atoms with E-state index in [-0.39, 0.29) is 13.0 Å². The molecule has 2 rings (SSSR count). The maximum atomic E-state index is 12.9. The van der Waals surface area contributed by atoms with Gasteiger partial charge in [0.25, 0.3) is 0 Å². The van der Waals surface area contributed by atoms with Crippen molar-refractivity contribution < 1.29 is 26.7 Å². The summed E-state index contributed by atoms with van der Waals surface area (Å²) in [5.41, 5.74) is 0.698. The zero-order valence-corrected chi connectivity index (χ0v) is 17.4. The van der Waals surface area contributed by atoms with E-state index in [1.165, 1.54) is 12.1 Å². The fraction of sp³-hybridized carbons (Fsp3) is 0.263. The molecule has 0 spiro atoms. The van der Waals surface area contributed by atoms with E-state index >= 15 is 0 Å². The van der Waals surface area contributed by atoms with Crippen LogP contribution in [0.1, 0.15) is 5.56 Å². The molecule has 0 saturated heterocycles. The van der Waals surface area contributed by atoms with Crippen LogP contribution in [0.3, 0.4) is 0 Å². The minimum Gasteiger partial charge on any atom is -0.433 e. The van der Waals surface area contributed by atoms with Gasteiger partial charge in [0.15, 0.2) is 9.84 Å². The summed E-state index contributed by atoms with van der Waals surface area (Å²) in [5.74, 6) is -2.79. The number of carbonyl (C=O) groups is 1. The summed E-state index contributed by atoms with van der Waals surface area (Å²) in [6.07, 6.45) is 0.0772. The van der Waals surface area contributed by atoms with Gasteiger partial charge < -0.3 is 10.1 Å². The first-order valence-electron chi connectivity index (χ1n) is 8.38. The lowest BCUT2D eigenvalue weighted by Gasteiger charge is -2.18. The van der Waals surface area contributed by atoms with Crippen LogP contribution in [0, 0.1) is 17.2 Å². The number of alkyl halides is 2. The normalized spacial score (nSPS) is 12.2. The molecule has 2 aromatic carbocycles. The van der Waals surface area contributed by atoms with Crippen LogP contribution in [0.4, 0.5) is 8.78 Å². The van der Waals surface area contributed by atoms with Crippen molar-refractivity contribution in [3.63, 3.8) is 0 Å². The van der Waals surface area contributed by atoms with Gasteiger partial charge in [0.2, 0.25) is 5.91 Å². The van der Waals surface area contributed by atoms with Gasteiger partial charge in [0.05, 0.1) is 17.7 Å². The third-order valence-corrected chi connectivity index (χ3v) is 6.25. The molecule has 0 aliphatic heterocycles. The van der Waals surface area contributed by atoms with Crippen LogP contribution in [0.25, 0.3) is 0 Å². The third kappa shape index (κ3) is 6.80. The molecule has 1 N–H and O–H groups in total. The van der Waals surface area contributed by atoms with Gasteiger partial charge in [-0.3, -0.25) is 4.79 Å². The predicted octanol–water partition coefficient (Wildman–Crippen LogP) is 3.32. The number of hydrogen-bond acceptors (Lipinski definition) is 5. The summed E-state index contributed by atoms with van der Waals surface area (Å²) in [5, 5.41) is 11.0. The molecule has 0 aromatic heterocycles. The van der Waals surface area contributed by atoms with E-state index in [2.05, 4.69) is 26.0 Å². The Morgan fingerprint density at radius 1 is 1.21 bits per heavy atom. The molecule has 154 valence electrons. The number of hydrogen-bond donors (Lipinski definition) is 1. The van der Waals surface area contributed by atoms with Gasteiger partial charge >= 0.3 is 6.61 Å². The molecule has 0 aliphatic carbocycles. The molecule has 29 heavy (non-hydrogen) atoms. The summed E-state index contributed by atoms with van der Waals surface area (Å²) in [6, 6.07) is 13.8. The highest BCUT2D eigenvalue weighted by molar-refractivity contribution is 9.10. The zero-order valence-electron chi connectivity index (χ0n) is 15.0. The molecule has 2 aromatic rings. The molecule has 1 amide bonds. The maximum absolute atomic E-state index is 12.9. The fourth-order valence-corrected chi connectivity index (χ4v) is 4.84. The molecule has 0 aliphatic rings. The Balaban J connectivity index is 2.34. The first kappa shape index (κ1) is 22.8. The maximum Gasteiger partial charge on any atom is 0.387 e. The van der Waals surface area contributed by atoms with Crippen molar-refractivity contribution in [2.24, 2.45) is 5.92 Å². The van der Waals surface area contributed by atoms with Crippen molar-refractivity contribution in [3.8, 4) is 11.8 Å². The van der Waals surface area contributed by atoms with Crippen LogP contribution in [0.15, 0.2) is 57.9 Å². The topological polar surface area (TPSA) is 96.3 Å². The van der Waals surface area contributed by atoms with Crippen LogP contribution >= 0.6 is 15.9 Å². The number of nitrogens with one attached hydrogen (secondary N) is 1. The number of nitriles is 1. The molecule has 0 radical (unpaired) electrons. The molecule has 10 heteroatoms. The van der Waals surface area contributed by atoms with Crippen LogP contribution in [-0.4, -0.2) is 33.2 Å². The van der Waals surface area contributed by atoms with E-state index in [0.29, 0.717) is 5.56 Å². The van der Waals surface area contributed by atoms with Crippen molar-refractivity contribution in [2.45, 2.75) is 17.9 Å². The monoisotopic (exact) mass is 486 g/mol. The minimum absolute atomic E-state index is 0.0772. The van der Waals surface area contributed by atoms with Crippen LogP contribution in [0.5, 0.6) is 5.75 Å². The molecule has 0 heterocycles. The highest BCUT2D eigenvalue weighted by Crippen LogP contribution is 2.28. The highest BCUT2D eigenvalue weighted by atomic mass is 79.9. The summed E-state index contributed by atoms with van der Waals surface area (Å²) in [7, 11) is -4.15. The van der Waals surface area contributed by atoms with Gasteiger partial charge in [-0.2, -0.15) is 14.0 Å². The number of carbonyl (C=O) groups excluding carboxylic acids is 1. The molecule has 0 saturated carbocycles. The number of sulfone groups is 1. The lowest BCUT2D eigenvalue weighted by Crippen LogP contribution is -2.36. The van der Waals surface area contributed by atoms with E-state index in [1.54, 1.807) is 30.3 Å². The number of ether oxygens (including phenoxy) is 1. The Bertz CT molecular complexity index is 1010. The Morgan fingerprint density at radius 3 is 2.59 bits per heavy atom. The number of para-hydroxylation sites is 1. The van der Waals surface area contributed by atoms with Gasteiger partial charge in [-0.1, -0.05) is 40.2 Å². The lowest BCUT2D eigenvalue weighted by atomic mass is 10.0. The van der Waals surface area contributed by atoms with Crippen molar-refractivity contribution >= 4 is 31.7 Å². The number of nitrogens with zero attached hydrogens (tertiary/aromatic N) is 1. The Kier molecular flexibility index (Phi) is 8.10. The van der Waals surface area contributed by atoms with E-state index in [9.17, 15) is 22.0 Å². The van der Waals surface area contributed by atoms with Crippen LogP contribution in [-0.2, 0) is 21.1 Å². The molecule has 1 atom stereocenters. The second-order valence-electron chi connectivity index (χ2n) is 6.01. The molecular weight excluding hydrogens is 470 g/mol. The minimum atomic E-state index is -4.15. The number of rotatable bonds is 9. The number of amides is 1. The SMILES string of the molecule is N#CCNC(=O)C(Cc1cccc(Br)c1)CS(=O)(=O)c1ccccc1OC(F)F. The van der Waals surface area contributed by atoms with Crippen LogP contribution in [0.2, 0.25) is 0 Å². The standard InChI is InChI=1S/C19H17BrF2N2O4S/c20-15-5-3-4-13(11-15)10-14(18(25)24-9-8-23)12-29(26,27)17-7-2-1-6-16(17)28-19(21)22/h1-7,11,14,19H,9-10,12H2,(H,24,25). The van der Waals surface area contributed by atoms with Gasteiger partial charge in [0.1, 0.15) is 17.2 Å². The van der Waals surface area contributed by atoms with Crippen LogP contribution < -0.4 is 10.1 Å². The summed E-state index contributed by atoms with van der Waals surface area (Å²) < 4.78 is 56.1. The van der Waals surface area contributed by atoms with Crippen molar-refractivity contribution in [1.29, 1.82) is 5.26 Å². The van der Waals surface area contributed by atoms with Gasteiger partial charge in [-0.05, 0) is 36.2 Å². The molecular formula is C19H17BrF2N2O4S. The van der Waals surface area contributed by atoms with Gasteiger partial charge in [-0.15, -0.1) is 0 Å². The average Bonchev–Trinajstić information content (AvgIpc) is 2.65. The van der Waals surface area contributed by atoms with E-state index in [4.69, 9.17) is 5.26 Å². The largest absolute Gasteiger partial charge is 0.433 e. The first-order chi connectivity index (χ1) is 13.7. The number of benzene rings is 2. The Morgan fingerprint density at radius 2 is 1.93 bits per heavy atom. The summed E-state index contributed by atoms with van der Waals surface area (Å²) in [4.78, 5) is 12.1. The Hall–Kier alpha value is -2.51. The predicted molar refractivity (Wildman–Crippen MR) is 105 cm³/mol. The van der Waals surface area contributed by atoms with Gasteiger partial charge in [0, 0.05) is 4.47 Å². The number of halogens is 3. The first-order valence-corrected chi connectivity index (χ1v) is 10.8. The van der Waals surface area contributed by atoms with E-state index in [0.717, 1.165) is 16.6 Å². The molecule has 6 nitrogen and oxygen atoms in total. The zero-order chi connectivity index (χ0) is 21.4. The van der Waals surface area contributed by atoms with Crippen molar-refractivity contribution in [3.05, 3.63) is 58.6 Å². The smallest absolute Gasteiger partial charge is 0.387 e. The summed E-state index contributed by atoms with van der Waals surface area (Å²) >= 11 is 3.31. The Labute approximate surface area is 175 Å². The fourth-order valence-electron chi connectivity index (χ4n) is 2.70. The van der Waals surface area contributed by atoms with Gasteiger partial charge in [-0.25, -0.2) is 8.42 Å². The second kappa shape index (κ2) is 10.3. The highest BCUT2D eigenvalue weighted by Gasteiger charge is 2.29. The molecule has 1 unspecified atom stereocenters. The van der Waals surface area contributed by atoms with E-state index in [1.807, 2.05) is 0 Å². The quantitative estimate of drug-likeness (QED) is 0.548. The molecule has 0 bridgehead atoms. The second-order valence-corrected chi connectivity index (χ2v) is 8.93. The molecule has 0 fully saturated rings. The van der Waals surface area contributed by atoms with Crippen molar-refractivity contribution in [1.82, 2.24) is 5.32 Å². The van der Waals surface area contributed by atoms with Crippen molar-refractivity contribution in [2.75, 3.05) is 12.3 Å². The average molecular weight is 487 g/mol. The third-order valence-electron chi connectivity index (χ3n) is 3.90. The lowest BCUT2D eigenvalue weighted by molar-refractivity contribution is -0.124. The van der Waals surface area contributed by atoms with E-state index < -0.39 is 44.7 Å². The summed E-state index contributed by atoms with van der Waals surface area (Å²) in [6.45, 7) is -3.47.